The van der Waals surface area contributed by atoms with Crippen LogP contribution in [0.3, 0.4) is 0 Å². The van der Waals surface area contributed by atoms with E-state index in [9.17, 15) is 9.90 Å². The van der Waals surface area contributed by atoms with Crippen LogP contribution in [-0.4, -0.2) is 42.3 Å². The second-order valence-corrected chi connectivity index (χ2v) is 6.61. The third kappa shape index (κ3) is 6.45. The number of carbonyl (C=O) groups is 1. The molecular formula is C17H29N3O2. The number of nitrogens with zero attached hydrogens (tertiary/aromatic N) is 1. The van der Waals surface area contributed by atoms with Gasteiger partial charge in [-0.15, -0.1) is 0 Å². The van der Waals surface area contributed by atoms with E-state index in [1.807, 2.05) is 40.1 Å². The van der Waals surface area contributed by atoms with E-state index in [4.69, 9.17) is 0 Å². The third-order valence-electron chi connectivity index (χ3n) is 3.79. The Morgan fingerprint density at radius 1 is 1.27 bits per heavy atom. The Morgan fingerprint density at radius 2 is 1.91 bits per heavy atom. The van der Waals surface area contributed by atoms with Gasteiger partial charge in [-0.25, -0.2) is 4.79 Å². The number of hydrogen-bond donors (Lipinski definition) is 3. The maximum Gasteiger partial charge on any atom is 0.315 e. The zero-order valence-corrected chi connectivity index (χ0v) is 14.3. The monoisotopic (exact) mass is 307 g/mol. The second-order valence-electron chi connectivity index (χ2n) is 6.61. The number of amides is 2. The van der Waals surface area contributed by atoms with Crippen molar-refractivity contribution in [3.8, 4) is 0 Å². The minimum atomic E-state index is -0.900. The number of carbonyl (C=O) groups excluding carboxylic acids is 1. The predicted molar refractivity (Wildman–Crippen MR) is 89.5 cm³/mol. The molecule has 0 saturated heterocycles. The topological polar surface area (TPSA) is 64.6 Å². The van der Waals surface area contributed by atoms with E-state index in [2.05, 4.69) is 27.7 Å². The molecule has 0 radical (unpaired) electrons. The van der Waals surface area contributed by atoms with Gasteiger partial charge < -0.3 is 20.6 Å². The van der Waals surface area contributed by atoms with E-state index >= 15 is 0 Å². The molecule has 1 aromatic rings. The van der Waals surface area contributed by atoms with Gasteiger partial charge in [-0.2, -0.15) is 0 Å². The van der Waals surface area contributed by atoms with Crippen LogP contribution < -0.4 is 10.6 Å². The fourth-order valence-corrected chi connectivity index (χ4v) is 1.91. The first-order valence-corrected chi connectivity index (χ1v) is 7.67. The Morgan fingerprint density at radius 3 is 2.50 bits per heavy atom. The highest BCUT2D eigenvalue weighted by atomic mass is 16.3. The van der Waals surface area contributed by atoms with Crippen molar-refractivity contribution in [1.82, 2.24) is 15.5 Å². The van der Waals surface area contributed by atoms with Crippen molar-refractivity contribution in [2.75, 3.05) is 20.6 Å². The molecule has 0 aliphatic carbocycles. The first-order valence-electron chi connectivity index (χ1n) is 7.67. The molecule has 1 atom stereocenters. The lowest BCUT2D eigenvalue weighted by atomic mass is 9.93. The van der Waals surface area contributed by atoms with Crippen LogP contribution in [0.4, 0.5) is 4.79 Å². The number of hydrogen-bond acceptors (Lipinski definition) is 3. The van der Waals surface area contributed by atoms with Crippen molar-refractivity contribution in [1.29, 1.82) is 0 Å². The molecule has 0 spiro atoms. The van der Waals surface area contributed by atoms with Gasteiger partial charge in [0.1, 0.15) is 0 Å². The maximum absolute atomic E-state index is 11.8. The predicted octanol–water partition coefficient (Wildman–Crippen LogP) is 1.95. The second kappa shape index (κ2) is 8.15. The van der Waals surface area contributed by atoms with Crippen molar-refractivity contribution in [3.63, 3.8) is 0 Å². The van der Waals surface area contributed by atoms with E-state index in [-0.39, 0.29) is 18.5 Å². The van der Waals surface area contributed by atoms with Gasteiger partial charge in [-0.3, -0.25) is 0 Å². The molecule has 124 valence electrons. The minimum absolute atomic E-state index is 0.0792. The summed E-state index contributed by atoms with van der Waals surface area (Å²) in [5, 5.41) is 15.6. The van der Waals surface area contributed by atoms with Crippen LogP contribution in [0.5, 0.6) is 0 Å². The summed E-state index contributed by atoms with van der Waals surface area (Å²) in [5.41, 5.74) is 1.38. The zero-order chi connectivity index (χ0) is 16.8. The van der Waals surface area contributed by atoms with Crippen LogP contribution >= 0.6 is 0 Å². The fraction of sp³-hybridized carbons (Fsp3) is 0.588. The number of nitrogens with one attached hydrogen (secondary N) is 2. The Balaban J connectivity index is 2.44. The molecule has 0 bridgehead atoms. The molecule has 0 aromatic heterocycles. The maximum atomic E-state index is 11.8. The molecular weight excluding hydrogens is 278 g/mol. The molecule has 22 heavy (non-hydrogen) atoms. The fourth-order valence-electron chi connectivity index (χ4n) is 1.91. The van der Waals surface area contributed by atoms with E-state index in [0.717, 1.165) is 12.1 Å². The van der Waals surface area contributed by atoms with Gasteiger partial charge in [-0.1, -0.05) is 38.1 Å². The summed E-state index contributed by atoms with van der Waals surface area (Å²) >= 11 is 0. The summed E-state index contributed by atoms with van der Waals surface area (Å²) < 4.78 is 0. The zero-order valence-electron chi connectivity index (χ0n) is 14.3. The molecule has 3 N–H and O–H groups in total. The summed E-state index contributed by atoms with van der Waals surface area (Å²) in [5.74, 6) is 0.0792. The van der Waals surface area contributed by atoms with Gasteiger partial charge in [0, 0.05) is 19.6 Å². The first-order chi connectivity index (χ1) is 10.2. The lowest BCUT2D eigenvalue weighted by molar-refractivity contribution is 0.0166. The van der Waals surface area contributed by atoms with Crippen LogP contribution in [0.15, 0.2) is 24.3 Å². The highest BCUT2D eigenvalue weighted by Gasteiger charge is 2.25. The van der Waals surface area contributed by atoms with Crippen molar-refractivity contribution >= 4 is 6.03 Å². The molecule has 1 aromatic carbocycles. The molecule has 0 saturated carbocycles. The van der Waals surface area contributed by atoms with Crippen LogP contribution in [0.1, 0.15) is 31.9 Å². The normalized spacial score (nSPS) is 14.0. The minimum Gasteiger partial charge on any atom is -0.388 e. The summed E-state index contributed by atoms with van der Waals surface area (Å²) in [6.07, 6.45) is 0. The van der Waals surface area contributed by atoms with Crippen molar-refractivity contribution in [2.45, 2.75) is 39.5 Å². The van der Waals surface area contributed by atoms with E-state index in [1.165, 1.54) is 5.56 Å². The molecule has 5 nitrogen and oxygen atoms in total. The standard InChI is InChI=1S/C17H29N3O2/c1-13(2)17(3,22)12-19-16(21)18-10-14-7-6-8-15(9-14)11-20(4)5/h6-9,13,22H,10-12H2,1-5H3,(H2,18,19,21). The van der Waals surface area contributed by atoms with Gasteiger partial charge in [-0.05, 0) is 38.1 Å². The molecule has 2 amide bonds. The smallest absolute Gasteiger partial charge is 0.315 e. The van der Waals surface area contributed by atoms with Crippen molar-refractivity contribution in [3.05, 3.63) is 35.4 Å². The van der Waals surface area contributed by atoms with Gasteiger partial charge in [0.2, 0.25) is 0 Å². The summed E-state index contributed by atoms with van der Waals surface area (Å²) in [6.45, 7) is 7.15. The summed E-state index contributed by atoms with van der Waals surface area (Å²) in [7, 11) is 4.05. The van der Waals surface area contributed by atoms with E-state index in [1.54, 1.807) is 6.92 Å². The lowest BCUT2D eigenvalue weighted by Gasteiger charge is -2.27. The molecule has 0 aliphatic heterocycles. The number of urea groups is 1. The SMILES string of the molecule is CC(C)C(C)(O)CNC(=O)NCc1cccc(CN(C)C)c1. The van der Waals surface area contributed by atoms with Gasteiger partial charge in [0.25, 0.3) is 0 Å². The van der Waals surface area contributed by atoms with Crippen LogP contribution in [0.2, 0.25) is 0 Å². The van der Waals surface area contributed by atoms with Crippen molar-refractivity contribution in [2.24, 2.45) is 5.92 Å². The van der Waals surface area contributed by atoms with Crippen LogP contribution in [0.25, 0.3) is 0 Å². The van der Waals surface area contributed by atoms with E-state index in [0.29, 0.717) is 6.54 Å². The average Bonchev–Trinajstić information content (AvgIpc) is 2.42. The van der Waals surface area contributed by atoms with Gasteiger partial charge in [0.05, 0.1) is 5.60 Å². The molecule has 1 rings (SSSR count). The molecule has 0 heterocycles. The molecule has 1 unspecified atom stereocenters. The Labute approximate surface area is 133 Å². The Bertz CT molecular complexity index is 485. The highest BCUT2D eigenvalue weighted by Crippen LogP contribution is 2.14. The average molecular weight is 307 g/mol. The Kier molecular flexibility index (Phi) is 6.84. The third-order valence-corrected chi connectivity index (χ3v) is 3.79. The lowest BCUT2D eigenvalue weighted by Crippen LogP contribution is -2.47. The molecule has 0 aliphatic rings. The van der Waals surface area contributed by atoms with Gasteiger partial charge in [0.15, 0.2) is 0 Å². The number of aliphatic hydroxyl groups is 1. The Hall–Kier alpha value is -1.59. The van der Waals surface area contributed by atoms with Crippen LogP contribution in [-0.2, 0) is 13.1 Å². The van der Waals surface area contributed by atoms with Crippen molar-refractivity contribution < 1.29 is 9.90 Å². The molecule has 0 fully saturated rings. The number of benzene rings is 1. The quantitative estimate of drug-likeness (QED) is 0.721. The van der Waals surface area contributed by atoms with Crippen LogP contribution in [0, 0.1) is 5.92 Å². The largest absolute Gasteiger partial charge is 0.388 e. The van der Waals surface area contributed by atoms with E-state index < -0.39 is 5.60 Å². The summed E-state index contributed by atoms with van der Waals surface area (Å²) in [4.78, 5) is 13.9. The van der Waals surface area contributed by atoms with Gasteiger partial charge >= 0.3 is 6.03 Å². The first kappa shape index (κ1) is 18.5. The molecule has 5 heteroatoms. The summed E-state index contributed by atoms with van der Waals surface area (Å²) in [6, 6.07) is 7.88. The highest BCUT2D eigenvalue weighted by molar-refractivity contribution is 5.73. The number of rotatable bonds is 7.